The number of nitrogens with zero attached hydrogens (tertiary/aromatic N) is 2. The van der Waals surface area contributed by atoms with E-state index in [0.29, 0.717) is 12.5 Å². The molecule has 0 aliphatic carbocycles. The minimum absolute atomic E-state index is 0.0850. The third-order valence-electron chi connectivity index (χ3n) is 3.14. The van der Waals surface area contributed by atoms with Crippen LogP contribution in [0.3, 0.4) is 0 Å². The predicted molar refractivity (Wildman–Crippen MR) is 70.9 cm³/mol. The van der Waals surface area contributed by atoms with E-state index in [2.05, 4.69) is 10.4 Å². The molecular weight excluding hydrogens is 246 g/mol. The van der Waals surface area contributed by atoms with Crippen LogP contribution in [0.25, 0.3) is 0 Å². The van der Waals surface area contributed by atoms with Gasteiger partial charge in [-0.2, -0.15) is 5.10 Å². The molecule has 2 rings (SSSR count). The molecule has 0 atom stereocenters. The summed E-state index contributed by atoms with van der Waals surface area (Å²) in [7, 11) is 0. The third-order valence-corrected chi connectivity index (χ3v) is 3.14. The number of hydrogen-bond acceptors (Lipinski definition) is 4. The SMILES string of the molecule is CCOCC(=O)Nc1cnn(CC2CCOCC2)c1. The summed E-state index contributed by atoms with van der Waals surface area (Å²) >= 11 is 0. The van der Waals surface area contributed by atoms with Crippen molar-refractivity contribution in [3.05, 3.63) is 12.4 Å². The number of carbonyl (C=O) groups is 1. The van der Waals surface area contributed by atoms with Gasteiger partial charge in [-0.25, -0.2) is 0 Å². The van der Waals surface area contributed by atoms with E-state index in [1.807, 2.05) is 17.8 Å². The minimum Gasteiger partial charge on any atom is -0.381 e. The van der Waals surface area contributed by atoms with Gasteiger partial charge in [0, 0.05) is 32.6 Å². The predicted octanol–water partition coefficient (Wildman–Crippen LogP) is 1.28. The molecule has 1 aromatic heterocycles. The molecule has 0 aromatic carbocycles. The summed E-state index contributed by atoms with van der Waals surface area (Å²) in [5, 5.41) is 7.03. The van der Waals surface area contributed by atoms with Gasteiger partial charge in [0.25, 0.3) is 0 Å². The molecule has 1 fully saturated rings. The summed E-state index contributed by atoms with van der Waals surface area (Å²) in [5.74, 6) is 0.466. The van der Waals surface area contributed by atoms with Gasteiger partial charge in [0.15, 0.2) is 0 Å². The Morgan fingerprint density at radius 2 is 2.37 bits per heavy atom. The van der Waals surface area contributed by atoms with Gasteiger partial charge in [0.05, 0.1) is 11.9 Å². The lowest BCUT2D eigenvalue weighted by atomic mass is 10.0. The molecule has 0 bridgehead atoms. The molecule has 0 radical (unpaired) electrons. The average molecular weight is 267 g/mol. The van der Waals surface area contributed by atoms with Crippen LogP contribution < -0.4 is 5.32 Å². The maximum atomic E-state index is 11.5. The second kappa shape index (κ2) is 7.25. The van der Waals surface area contributed by atoms with Gasteiger partial charge < -0.3 is 14.8 Å². The number of rotatable bonds is 6. The van der Waals surface area contributed by atoms with Gasteiger partial charge in [0.2, 0.25) is 5.91 Å². The van der Waals surface area contributed by atoms with Gasteiger partial charge in [-0.15, -0.1) is 0 Å². The highest BCUT2D eigenvalue weighted by atomic mass is 16.5. The Balaban J connectivity index is 1.79. The smallest absolute Gasteiger partial charge is 0.250 e. The summed E-state index contributed by atoms with van der Waals surface area (Å²) < 4.78 is 12.3. The summed E-state index contributed by atoms with van der Waals surface area (Å²) in [6.07, 6.45) is 5.68. The Morgan fingerprint density at radius 3 is 3.11 bits per heavy atom. The van der Waals surface area contributed by atoms with E-state index >= 15 is 0 Å². The first-order valence-electron chi connectivity index (χ1n) is 6.75. The van der Waals surface area contributed by atoms with Crippen LogP contribution in [0.4, 0.5) is 5.69 Å². The summed E-state index contributed by atoms with van der Waals surface area (Å²) in [6.45, 7) is 5.04. The normalized spacial score (nSPS) is 16.5. The Bertz CT molecular complexity index is 400. The van der Waals surface area contributed by atoms with Gasteiger partial charge in [-0.05, 0) is 25.7 Å². The molecule has 1 saturated heterocycles. The van der Waals surface area contributed by atoms with Crippen LogP contribution in [0.5, 0.6) is 0 Å². The molecule has 19 heavy (non-hydrogen) atoms. The molecule has 0 saturated carbocycles. The lowest BCUT2D eigenvalue weighted by molar-refractivity contribution is -0.120. The number of anilines is 1. The van der Waals surface area contributed by atoms with E-state index in [1.165, 1.54) is 0 Å². The summed E-state index contributed by atoms with van der Waals surface area (Å²) in [4.78, 5) is 11.5. The Labute approximate surface area is 113 Å². The van der Waals surface area contributed by atoms with Crippen LogP contribution in [0.15, 0.2) is 12.4 Å². The number of amides is 1. The topological polar surface area (TPSA) is 65.4 Å². The molecule has 106 valence electrons. The zero-order valence-corrected chi connectivity index (χ0v) is 11.3. The highest BCUT2D eigenvalue weighted by molar-refractivity contribution is 5.91. The van der Waals surface area contributed by atoms with Crippen LogP contribution >= 0.6 is 0 Å². The first kappa shape index (κ1) is 14.0. The fraction of sp³-hybridized carbons (Fsp3) is 0.692. The Morgan fingerprint density at radius 1 is 1.58 bits per heavy atom. The molecule has 1 aromatic rings. The monoisotopic (exact) mass is 267 g/mol. The maximum Gasteiger partial charge on any atom is 0.250 e. The second-order valence-electron chi connectivity index (χ2n) is 4.69. The number of aromatic nitrogens is 2. The second-order valence-corrected chi connectivity index (χ2v) is 4.69. The molecule has 1 amide bonds. The van der Waals surface area contributed by atoms with Crippen LogP contribution in [-0.2, 0) is 20.8 Å². The zero-order valence-electron chi connectivity index (χ0n) is 11.3. The van der Waals surface area contributed by atoms with Crippen molar-refractivity contribution in [1.29, 1.82) is 0 Å². The van der Waals surface area contributed by atoms with Crippen molar-refractivity contribution in [2.24, 2.45) is 5.92 Å². The molecule has 6 heteroatoms. The maximum absolute atomic E-state index is 11.5. The van der Waals surface area contributed by atoms with Crippen LogP contribution in [0.2, 0.25) is 0 Å². The minimum atomic E-state index is -0.146. The highest BCUT2D eigenvalue weighted by Gasteiger charge is 2.15. The lowest BCUT2D eigenvalue weighted by Crippen LogP contribution is -2.20. The Hall–Kier alpha value is -1.40. The third kappa shape index (κ3) is 4.65. The van der Waals surface area contributed by atoms with Crippen molar-refractivity contribution in [3.8, 4) is 0 Å². The Kier molecular flexibility index (Phi) is 5.35. The van der Waals surface area contributed by atoms with Crippen molar-refractivity contribution in [2.75, 3.05) is 31.7 Å². The van der Waals surface area contributed by atoms with Crippen LogP contribution in [0, 0.1) is 5.92 Å². The van der Waals surface area contributed by atoms with E-state index in [4.69, 9.17) is 9.47 Å². The van der Waals surface area contributed by atoms with Crippen molar-refractivity contribution in [1.82, 2.24) is 9.78 Å². The fourth-order valence-corrected chi connectivity index (χ4v) is 2.11. The molecule has 0 unspecified atom stereocenters. The molecule has 1 aliphatic heterocycles. The average Bonchev–Trinajstić information content (AvgIpc) is 2.85. The number of ether oxygens (including phenoxy) is 2. The molecular formula is C13H21N3O3. The van der Waals surface area contributed by atoms with Crippen molar-refractivity contribution < 1.29 is 14.3 Å². The number of carbonyl (C=O) groups excluding carboxylic acids is 1. The largest absolute Gasteiger partial charge is 0.381 e. The molecule has 6 nitrogen and oxygen atoms in total. The quantitative estimate of drug-likeness (QED) is 0.843. The molecule has 1 N–H and O–H groups in total. The first-order chi connectivity index (χ1) is 9.28. The molecule has 0 spiro atoms. The van der Waals surface area contributed by atoms with Gasteiger partial charge in [-0.3, -0.25) is 9.48 Å². The van der Waals surface area contributed by atoms with E-state index in [0.717, 1.165) is 38.3 Å². The number of nitrogens with one attached hydrogen (secondary N) is 1. The van der Waals surface area contributed by atoms with E-state index in [1.54, 1.807) is 6.20 Å². The van der Waals surface area contributed by atoms with Gasteiger partial charge >= 0.3 is 0 Å². The molecule has 1 aliphatic rings. The standard InChI is InChI=1S/C13H21N3O3/c1-2-18-10-13(17)15-12-7-14-16(9-12)8-11-3-5-19-6-4-11/h7,9,11H,2-6,8,10H2,1H3,(H,15,17). The van der Waals surface area contributed by atoms with E-state index in [-0.39, 0.29) is 12.5 Å². The van der Waals surface area contributed by atoms with Crippen molar-refractivity contribution in [2.45, 2.75) is 26.3 Å². The van der Waals surface area contributed by atoms with E-state index in [9.17, 15) is 4.79 Å². The summed E-state index contributed by atoms with van der Waals surface area (Å²) in [6, 6.07) is 0. The van der Waals surface area contributed by atoms with Crippen molar-refractivity contribution >= 4 is 11.6 Å². The first-order valence-corrected chi connectivity index (χ1v) is 6.75. The van der Waals surface area contributed by atoms with Crippen LogP contribution in [0.1, 0.15) is 19.8 Å². The summed E-state index contributed by atoms with van der Waals surface area (Å²) in [5.41, 5.74) is 0.719. The number of hydrogen-bond donors (Lipinski definition) is 1. The lowest BCUT2D eigenvalue weighted by Gasteiger charge is -2.21. The fourth-order valence-electron chi connectivity index (χ4n) is 2.11. The van der Waals surface area contributed by atoms with Crippen molar-refractivity contribution in [3.63, 3.8) is 0 Å². The van der Waals surface area contributed by atoms with Crippen LogP contribution in [-0.4, -0.2) is 42.1 Å². The molecule has 2 heterocycles. The van der Waals surface area contributed by atoms with E-state index < -0.39 is 0 Å². The zero-order chi connectivity index (χ0) is 13.5. The highest BCUT2D eigenvalue weighted by Crippen LogP contribution is 2.17. The van der Waals surface area contributed by atoms with Gasteiger partial charge in [0.1, 0.15) is 6.61 Å². The van der Waals surface area contributed by atoms with Gasteiger partial charge in [-0.1, -0.05) is 0 Å².